The minimum absolute atomic E-state index is 0.0489. The summed E-state index contributed by atoms with van der Waals surface area (Å²) in [6.45, 7) is 4.49. The summed E-state index contributed by atoms with van der Waals surface area (Å²) in [4.78, 5) is 19.2. The lowest BCUT2D eigenvalue weighted by Crippen LogP contribution is -2.44. The third-order valence-corrected chi connectivity index (χ3v) is 4.60. The van der Waals surface area contributed by atoms with Gasteiger partial charge in [0.05, 0.1) is 24.8 Å². The number of para-hydroxylation sites is 1. The highest BCUT2D eigenvalue weighted by molar-refractivity contribution is 5.97. The Balaban J connectivity index is 1.65. The monoisotopic (exact) mass is 326 g/mol. The van der Waals surface area contributed by atoms with Crippen LogP contribution in [0.15, 0.2) is 30.3 Å². The van der Waals surface area contributed by atoms with Crippen LogP contribution in [0.2, 0.25) is 0 Å². The number of pyridine rings is 1. The van der Waals surface area contributed by atoms with Gasteiger partial charge in [-0.15, -0.1) is 0 Å². The molecular weight excluding hydrogens is 304 g/mol. The first kappa shape index (κ1) is 15.4. The van der Waals surface area contributed by atoms with Crippen molar-refractivity contribution in [3.8, 4) is 5.75 Å². The Morgan fingerprint density at radius 2 is 2.21 bits per heavy atom. The molecule has 1 aromatic heterocycles. The molecule has 2 fully saturated rings. The molecule has 5 nitrogen and oxygen atoms in total. The Morgan fingerprint density at radius 1 is 1.38 bits per heavy atom. The fourth-order valence-corrected chi connectivity index (χ4v) is 3.03. The van der Waals surface area contributed by atoms with Crippen molar-refractivity contribution in [3.05, 3.63) is 36.0 Å². The smallest absolute Gasteiger partial charge is 0.272 e. The first-order valence-corrected chi connectivity index (χ1v) is 8.64. The quantitative estimate of drug-likeness (QED) is 0.867. The van der Waals surface area contributed by atoms with Crippen molar-refractivity contribution >= 4 is 16.8 Å². The van der Waals surface area contributed by atoms with Gasteiger partial charge in [0.1, 0.15) is 11.4 Å². The molecule has 2 aromatic rings. The van der Waals surface area contributed by atoms with Gasteiger partial charge in [0.15, 0.2) is 0 Å². The Morgan fingerprint density at radius 3 is 3.00 bits per heavy atom. The Labute approximate surface area is 141 Å². The lowest BCUT2D eigenvalue weighted by Gasteiger charge is -2.31. The average molecular weight is 326 g/mol. The van der Waals surface area contributed by atoms with Gasteiger partial charge in [-0.3, -0.25) is 4.79 Å². The highest BCUT2D eigenvalue weighted by Gasteiger charge is 2.25. The van der Waals surface area contributed by atoms with E-state index in [0.717, 1.165) is 23.3 Å². The van der Waals surface area contributed by atoms with Crippen molar-refractivity contribution in [2.45, 2.75) is 25.9 Å². The molecule has 24 heavy (non-hydrogen) atoms. The summed E-state index contributed by atoms with van der Waals surface area (Å²) in [6, 6.07) is 9.63. The Kier molecular flexibility index (Phi) is 4.10. The van der Waals surface area contributed by atoms with Crippen LogP contribution < -0.4 is 4.74 Å². The van der Waals surface area contributed by atoms with E-state index < -0.39 is 0 Å². The van der Waals surface area contributed by atoms with Gasteiger partial charge in [-0.05, 0) is 37.8 Å². The molecule has 4 rings (SSSR count). The van der Waals surface area contributed by atoms with Crippen LogP contribution in [0.25, 0.3) is 10.9 Å². The van der Waals surface area contributed by atoms with Crippen molar-refractivity contribution in [2.75, 3.05) is 26.3 Å². The van der Waals surface area contributed by atoms with Gasteiger partial charge in [-0.25, -0.2) is 4.98 Å². The summed E-state index contributed by atoms with van der Waals surface area (Å²) in [7, 11) is 0. The summed E-state index contributed by atoms with van der Waals surface area (Å²) in [5, 5.41) is 0.963. The number of aromatic nitrogens is 1. The fraction of sp³-hybridized carbons (Fsp3) is 0.474. The van der Waals surface area contributed by atoms with Crippen molar-refractivity contribution in [2.24, 2.45) is 5.92 Å². The molecule has 1 aromatic carbocycles. The number of hydrogen-bond donors (Lipinski definition) is 0. The second kappa shape index (κ2) is 6.40. The maximum absolute atomic E-state index is 12.8. The molecule has 1 amide bonds. The fourth-order valence-electron chi connectivity index (χ4n) is 3.03. The zero-order valence-corrected chi connectivity index (χ0v) is 13.9. The maximum atomic E-state index is 12.8. The van der Waals surface area contributed by atoms with Crippen molar-refractivity contribution in [1.29, 1.82) is 0 Å². The third kappa shape index (κ3) is 3.22. The second-order valence-electron chi connectivity index (χ2n) is 6.71. The average Bonchev–Trinajstić information content (AvgIpc) is 3.43. The molecular formula is C19H22N2O3. The van der Waals surface area contributed by atoms with E-state index in [4.69, 9.17) is 9.47 Å². The van der Waals surface area contributed by atoms with Gasteiger partial charge in [-0.1, -0.05) is 12.1 Å². The first-order chi connectivity index (χ1) is 11.7. The zero-order valence-electron chi connectivity index (χ0n) is 13.9. The summed E-state index contributed by atoms with van der Waals surface area (Å²) in [6.07, 6.45) is 2.54. The van der Waals surface area contributed by atoms with Crippen LogP contribution in [-0.4, -0.2) is 48.2 Å². The number of nitrogens with zero attached hydrogens (tertiary/aromatic N) is 2. The SMILES string of the molecule is C[C@H]1CN(C(=O)c2cc(OCC3CC3)c3ccccc3n2)CCO1. The number of carbonyl (C=O) groups is 1. The number of rotatable bonds is 4. The van der Waals surface area contributed by atoms with E-state index in [1.165, 1.54) is 12.8 Å². The molecule has 5 heteroatoms. The molecule has 1 atom stereocenters. The van der Waals surface area contributed by atoms with Crippen LogP contribution in [0, 0.1) is 5.92 Å². The normalized spacial score (nSPS) is 21.0. The third-order valence-electron chi connectivity index (χ3n) is 4.60. The van der Waals surface area contributed by atoms with Crippen molar-refractivity contribution in [1.82, 2.24) is 9.88 Å². The van der Waals surface area contributed by atoms with Crippen LogP contribution in [0.5, 0.6) is 5.75 Å². The van der Waals surface area contributed by atoms with Crippen LogP contribution in [0.1, 0.15) is 30.3 Å². The lowest BCUT2D eigenvalue weighted by atomic mass is 10.1. The van der Waals surface area contributed by atoms with Crippen molar-refractivity contribution in [3.63, 3.8) is 0 Å². The minimum Gasteiger partial charge on any atom is -0.493 e. The highest BCUT2D eigenvalue weighted by atomic mass is 16.5. The van der Waals surface area contributed by atoms with Crippen LogP contribution >= 0.6 is 0 Å². The topological polar surface area (TPSA) is 51.7 Å². The minimum atomic E-state index is -0.0489. The van der Waals surface area contributed by atoms with Crippen LogP contribution in [0.3, 0.4) is 0 Å². The van der Waals surface area contributed by atoms with Gasteiger partial charge in [0.2, 0.25) is 0 Å². The maximum Gasteiger partial charge on any atom is 0.272 e. The molecule has 0 bridgehead atoms. The van der Waals surface area contributed by atoms with Gasteiger partial charge in [0, 0.05) is 24.5 Å². The van der Waals surface area contributed by atoms with Gasteiger partial charge < -0.3 is 14.4 Å². The molecule has 1 aliphatic heterocycles. The summed E-state index contributed by atoms with van der Waals surface area (Å²) >= 11 is 0. The van der Waals surface area contributed by atoms with E-state index in [0.29, 0.717) is 31.3 Å². The molecule has 0 radical (unpaired) electrons. The van der Waals surface area contributed by atoms with E-state index in [9.17, 15) is 4.79 Å². The molecule has 0 N–H and O–H groups in total. The summed E-state index contributed by atoms with van der Waals surface area (Å²) < 4.78 is 11.5. The van der Waals surface area contributed by atoms with E-state index >= 15 is 0 Å². The molecule has 0 unspecified atom stereocenters. The van der Waals surface area contributed by atoms with E-state index in [1.54, 1.807) is 6.07 Å². The van der Waals surface area contributed by atoms with Crippen LogP contribution in [0.4, 0.5) is 0 Å². The highest BCUT2D eigenvalue weighted by Crippen LogP contribution is 2.32. The number of fused-ring (bicyclic) bond motifs is 1. The van der Waals surface area contributed by atoms with E-state index in [-0.39, 0.29) is 12.0 Å². The predicted octanol–water partition coefficient (Wildman–Crippen LogP) is 2.88. The Hall–Kier alpha value is -2.14. The number of hydrogen-bond acceptors (Lipinski definition) is 4. The molecule has 1 saturated carbocycles. The Bertz CT molecular complexity index is 757. The largest absolute Gasteiger partial charge is 0.493 e. The lowest BCUT2D eigenvalue weighted by molar-refractivity contribution is -0.0126. The molecule has 2 aliphatic rings. The predicted molar refractivity (Wildman–Crippen MR) is 91.3 cm³/mol. The van der Waals surface area contributed by atoms with E-state index in [2.05, 4.69) is 4.98 Å². The number of morpholine rings is 1. The summed E-state index contributed by atoms with van der Waals surface area (Å²) in [5.41, 5.74) is 1.25. The van der Waals surface area contributed by atoms with Crippen LogP contribution in [-0.2, 0) is 4.74 Å². The van der Waals surface area contributed by atoms with E-state index in [1.807, 2.05) is 36.1 Å². The number of ether oxygens (including phenoxy) is 2. The molecule has 1 saturated heterocycles. The van der Waals surface area contributed by atoms with Crippen molar-refractivity contribution < 1.29 is 14.3 Å². The van der Waals surface area contributed by atoms with Gasteiger partial charge in [-0.2, -0.15) is 0 Å². The first-order valence-electron chi connectivity index (χ1n) is 8.64. The molecule has 0 spiro atoms. The standard InChI is InChI=1S/C19H22N2O3/c1-13-11-21(8-9-23-13)19(22)17-10-18(24-12-14-6-7-14)15-4-2-3-5-16(15)20-17/h2-5,10,13-14H,6-9,11-12H2,1H3/t13-/m0/s1. The molecule has 2 heterocycles. The summed E-state index contributed by atoms with van der Waals surface area (Å²) in [5.74, 6) is 1.38. The number of amides is 1. The second-order valence-corrected chi connectivity index (χ2v) is 6.71. The van der Waals surface area contributed by atoms with Gasteiger partial charge in [0.25, 0.3) is 5.91 Å². The molecule has 126 valence electrons. The number of carbonyl (C=O) groups excluding carboxylic acids is 1. The number of benzene rings is 1. The molecule has 1 aliphatic carbocycles. The van der Waals surface area contributed by atoms with Gasteiger partial charge >= 0.3 is 0 Å². The zero-order chi connectivity index (χ0) is 16.5.